The van der Waals surface area contributed by atoms with E-state index in [1.54, 1.807) is 0 Å². The Kier molecular flexibility index (Phi) is 11.1. The van der Waals surface area contributed by atoms with Crippen molar-refractivity contribution in [1.82, 2.24) is 15.5 Å². The minimum atomic E-state index is 0. The first-order valence-electron chi connectivity index (χ1n) is 11.7. The van der Waals surface area contributed by atoms with Gasteiger partial charge in [-0.1, -0.05) is 6.07 Å². The molecule has 4 rings (SSSR count). The van der Waals surface area contributed by atoms with Gasteiger partial charge in [-0.05, 0) is 82.2 Å². The second-order valence-corrected chi connectivity index (χ2v) is 9.15. The SMILES string of the molecule is Cl.Cl.N#Cc1cccc(N2CCN(CCC3CCC(NC(=O)[C@@H]4CCCN4)CC3)CC2)c1. The fourth-order valence-corrected chi connectivity index (χ4v) is 5.17. The maximum absolute atomic E-state index is 12.3. The molecular weight excluding hydrogens is 445 g/mol. The predicted octanol–water partition coefficient (Wildman–Crippen LogP) is 3.34. The van der Waals surface area contributed by atoms with Crippen LogP contribution in [0, 0.1) is 17.2 Å². The van der Waals surface area contributed by atoms with Crippen LogP contribution in [0.15, 0.2) is 24.3 Å². The van der Waals surface area contributed by atoms with Gasteiger partial charge in [-0.3, -0.25) is 9.69 Å². The molecular formula is C24H37Cl2N5O. The minimum Gasteiger partial charge on any atom is -0.369 e. The molecule has 0 unspecified atom stereocenters. The highest BCUT2D eigenvalue weighted by Gasteiger charge is 2.27. The lowest BCUT2D eigenvalue weighted by molar-refractivity contribution is -0.123. The van der Waals surface area contributed by atoms with Gasteiger partial charge in [0.05, 0.1) is 17.7 Å². The Labute approximate surface area is 204 Å². The van der Waals surface area contributed by atoms with Crippen LogP contribution in [-0.2, 0) is 4.79 Å². The number of rotatable bonds is 6. The van der Waals surface area contributed by atoms with Crippen molar-refractivity contribution in [2.45, 2.75) is 57.0 Å². The van der Waals surface area contributed by atoms with Gasteiger partial charge in [0.25, 0.3) is 0 Å². The van der Waals surface area contributed by atoms with E-state index >= 15 is 0 Å². The first-order chi connectivity index (χ1) is 14.7. The van der Waals surface area contributed by atoms with Gasteiger partial charge in [-0.15, -0.1) is 24.8 Å². The highest BCUT2D eigenvalue weighted by Crippen LogP contribution is 2.28. The van der Waals surface area contributed by atoms with Crippen LogP contribution in [0.2, 0.25) is 0 Å². The molecule has 0 bridgehead atoms. The van der Waals surface area contributed by atoms with Crippen molar-refractivity contribution < 1.29 is 4.79 Å². The number of nitrogens with zero attached hydrogens (tertiary/aromatic N) is 3. The number of hydrogen-bond acceptors (Lipinski definition) is 5. The monoisotopic (exact) mass is 481 g/mol. The van der Waals surface area contributed by atoms with Gasteiger partial charge in [0.2, 0.25) is 5.91 Å². The first kappa shape index (κ1) is 26.7. The summed E-state index contributed by atoms with van der Waals surface area (Å²) in [6.07, 6.45) is 8.12. The molecule has 0 radical (unpaired) electrons. The van der Waals surface area contributed by atoms with Crippen LogP contribution in [0.4, 0.5) is 5.69 Å². The fourth-order valence-electron chi connectivity index (χ4n) is 5.17. The van der Waals surface area contributed by atoms with E-state index in [0.717, 1.165) is 69.9 Å². The number of halogens is 2. The topological polar surface area (TPSA) is 71.4 Å². The van der Waals surface area contributed by atoms with Crippen molar-refractivity contribution >= 4 is 36.4 Å². The van der Waals surface area contributed by atoms with Crippen LogP contribution in [0.1, 0.15) is 50.5 Å². The summed E-state index contributed by atoms with van der Waals surface area (Å²) < 4.78 is 0. The van der Waals surface area contributed by atoms with Crippen molar-refractivity contribution in [3.05, 3.63) is 29.8 Å². The van der Waals surface area contributed by atoms with Crippen LogP contribution < -0.4 is 15.5 Å². The Balaban J connectivity index is 0.00000181. The van der Waals surface area contributed by atoms with Gasteiger partial charge in [-0.2, -0.15) is 5.26 Å². The number of anilines is 1. The molecule has 1 aromatic carbocycles. The molecule has 1 saturated carbocycles. The quantitative estimate of drug-likeness (QED) is 0.651. The molecule has 0 aromatic heterocycles. The molecule has 2 heterocycles. The smallest absolute Gasteiger partial charge is 0.237 e. The second kappa shape index (κ2) is 13.3. The largest absolute Gasteiger partial charge is 0.369 e. The fraction of sp³-hybridized carbons (Fsp3) is 0.667. The molecule has 8 heteroatoms. The summed E-state index contributed by atoms with van der Waals surface area (Å²) in [5, 5.41) is 15.7. The molecule has 1 aromatic rings. The minimum absolute atomic E-state index is 0. The first-order valence-corrected chi connectivity index (χ1v) is 11.7. The number of carbonyl (C=O) groups is 1. The van der Waals surface area contributed by atoms with Crippen LogP contribution in [0.5, 0.6) is 0 Å². The third-order valence-electron chi connectivity index (χ3n) is 7.14. The molecule has 0 spiro atoms. The molecule has 6 nitrogen and oxygen atoms in total. The normalized spacial score (nSPS) is 25.8. The van der Waals surface area contributed by atoms with Gasteiger partial charge < -0.3 is 15.5 Å². The predicted molar refractivity (Wildman–Crippen MR) is 134 cm³/mol. The number of benzene rings is 1. The van der Waals surface area contributed by atoms with E-state index in [4.69, 9.17) is 5.26 Å². The number of hydrogen-bond donors (Lipinski definition) is 2. The van der Waals surface area contributed by atoms with Gasteiger partial charge in [0, 0.05) is 37.9 Å². The highest BCUT2D eigenvalue weighted by atomic mass is 35.5. The number of carbonyl (C=O) groups excluding carboxylic acids is 1. The molecule has 2 saturated heterocycles. The highest BCUT2D eigenvalue weighted by molar-refractivity contribution is 5.85. The summed E-state index contributed by atoms with van der Waals surface area (Å²) in [5.41, 5.74) is 1.91. The average molecular weight is 483 g/mol. The molecule has 1 atom stereocenters. The zero-order chi connectivity index (χ0) is 20.8. The number of piperazine rings is 1. The summed E-state index contributed by atoms with van der Waals surface area (Å²) in [6.45, 7) is 6.41. The van der Waals surface area contributed by atoms with Gasteiger partial charge in [0.1, 0.15) is 0 Å². The van der Waals surface area contributed by atoms with Crippen molar-refractivity contribution in [2.24, 2.45) is 5.92 Å². The van der Waals surface area contributed by atoms with E-state index < -0.39 is 0 Å². The molecule has 2 aliphatic heterocycles. The number of amides is 1. The maximum atomic E-state index is 12.3. The van der Waals surface area contributed by atoms with Gasteiger partial charge in [0.15, 0.2) is 0 Å². The Morgan fingerprint density at radius 3 is 2.50 bits per heavy atom. The van der Waals surface area contributed by atoms with Crippen molar-refractivity contribution in [3.63, 3.8) is 0 Å². The summed E-state index contributed by atoms with van der Waals surface area (Å²) in [6, 6.07) is 10.6. The molecule has 3 aliphatic rings. The van der Waals surface area contributed by atoms with E-state index in [1.807, 2.05) is 18.2 Å². The Bertz CT molecular complexity index is 749. The van der Waals surface area contributed by atoms with Crippen molar-refractivity contribution in [1.29, 1.82) is 5.26 Å². The van der Waals surface area contributed by atoms with Crippen molar-refractivity contribution in [2.75, 3.05) is 44.2 Å². The van der Waals surface area contributed by atoms with Crippen LogP contribution in [0.3, 0.4) is 0 Å². The molecule has 178 valence electrons. The number of nitriles is 1. The Morgan fingerprint density at radius 1 is 1.09 bits per heavy atom. The maximum Gasteiger partial charge on any atom is 0.237 e. The summed E-state index contributed by atoms with van der Waals surface area (Å²) in [7, 11) is 0. The number of nitrogens with one attached hydrogen (secondary N) is 2. The Hall–Kier alpha value is -1.52. The van der Waals surface area contributed by atoms with E-state index in [-0.39, 0.29) is 36.8 Å². The van der Waals surface area contributed by atoms with Crippen LogP contribution in [0.25, 0.3) is 0 Å². The third kappa shape index (κ3) is 7.25. The molecule has 2 N–H and O–H groups in total. The molecule has 3 fully saturated rings. The summed E-state index contributed by atoms with van der Waals surface area (Å²) in [5.74, 6) is 1.02. The molecule has 1 amide bonds. The lowest BCUT2D eigenvalue weighted by Gasteiger charge is -2.37. The lowest BCUT2D eigenvalue weighted by Crippen LogP contribution is -2.47. The summed E-state index contributed by atoms with van der Waals surface area (Å²) in [4.78, 5) is 17.3. The zero-order valence-corrected chi connectivity index (χ0v) is 20.4. The van der Waals surface area contributed by atoms with E-state index in [0.29, 0.717) is 6.04 Å². The second-order valence-electron chi connectivity index (χ2n) is 9.15. The summed E-state index contributed by atoms with van der Waals surface area (Å²) >= 11 is 0. The van der Waals surface area contributed by atoms with Crippen LogP contribution in [-0.4, -0.2) is 62.2 Å². The Morgan fingerprint density at radius 2 is 1.84 bits per heavy atom. The van der Waals surface area contributed by atoms with Crippen LogP contribution >= 0.6 is 24.8 Å². The van der Waals surface area contributed by atoms with E-state index in [2.05, 4.69) is 32.6 Å². The van der Waals surface area contributed by atoms with E-state index in [9.17, 15) is 4.79 Å². The van der Waals surface area contributed by atoms with E-state index in [1.165, 1.54) is 31.5 Å². The molecule has 1 aliphatic carbocycles. The van der Waals surface area contributed by atoms with Crippen molar-refractivity contribution in [3.8, 4) is 6.07 Å². The van der Waals surface area contributed by atoms with Gasteiger partial charge in [-0.25, -0.2) is 0 Å². The third-order valence-corrected chi connectivity index (χ3v) is 7.14. The molecule has 32 heavy (non-hydrogen) atoms. The standard InChI is InChI=1S/C24H35N5O.2ClH/c25-18-20-3-1-4-22(17-20)29-15-13-28(14-16-29)12-10-19-6-8-21(9-7-19)27-24(30)23-5-2-11-26-23;;/h1,3-4,17,19,21,23,26H,2,5-16H2,(H,27,30);2*1H/t19?,21?,23-;;/m0../s1. The zero-order valence-electron chi connectivity index (χ0n) is 18.8. The average Bonchev–Trinajstić information content (AvgIpc) is 3.34. The van der Waals surface area contributed by atoms with Gasteiger partial charge >= 0.3 is 0 Å². The lowest BCUT2D eigenvalue weighted by atomic mass is 9.84.